The first-order chi connectivity index (χ1) is 14.4. The number of carbonyl (C=O) groups excluding carboxylic acids is 1. The van der Waals surface area contributed by atoms with Crippen molar-refractivity contribution in [3.63, 3.8) is 0 Å². The first kappa shape index (κ1) is 19.8. The van der Waals surface area contributed by atoms with Crippen LogP contribution in [0.2, 0.25) is 0 Å². The molecule has 0 aliphatic heterocycles. The Morgan fingerprint density at radius 3 is 2.47 bits per heavy atom. The monoisotopic (exact) mass is 403 g/mol. The number of rotatable bonds is 5. The summed E-state index contributed by atoms with van der Waals surface area (Å²) in [7, 11) is 0. The summed E-state index contributed by atoms with van der Waals surface area (Å²) in [5, 5.41) is 12.5. The molecule has 1 amide bonds. The molecule has 0 bridgehead atoms. The number of fused-ring (bicyclic) bond motifs is 1. The van der Waals surface area contributed by atoms with Gasteiger partial charge in [0.25, 0.3) is 5.91 Å². The molecule has 0 fully saturated rings. The Morgan fingerprint density at radius 2 is 1.83 bits per heavy atom. The van der Waals surface area contributed by atoms with Crippen molar-refractivity contribution < 1.29 is 9.32 Å². The van der Waals surface area contributed by atoms with E-state index in [1.54, 1.807) is 6.20 Å². The summed E-state index contributed by atoms with van der Waals surface area (Å²) in [6.07, 6.45) is 1.64. The summed E-state index contributed by atoms with van der Waals surface area (Å²) in [4.78, 5) is 17.3. The van der Waals surface area contributed by atoms with Gasteiger partial charge in [0, 0.05) is 30.2 Å². The van der Waals surface area contributed by atoms with Gasteiger partial charge < -0.3 is 9.84 Å². The zero-order chi connectivity index (χ0) is 21.4. The van der Waals surface area contributed by atoms with Crippen LogP contribution in [0.5, 0.6) is 0 Å². The number of benzene rings is 1. The molecule has 0 saturated carbocycles. The first-order valence-corrected chi connectivity index (χ1v) is 10.0. The molecule has 0 radical (unpaired) electrons. The number of nitrogens with zero attached hydrogens (tertiary/aromatic N) is 4. The first-order valence-electron chi connectivity index (χ1n) is 10.0. The smallest absolute Gasteiger partial charge is 0.253 e. The Labute approximate surface area is 175 Å². The fourth-order valence-electron chi connectivity index (χ4n) is 3.91. The maximum absolute atomic E-state index is 12.8. The fraction of sp³-hybridized carbons (Fsp3) is 0.304. The van der Waals surface area contributed by atoms with E-state index in [0.29, 0.717) is 12.1 Å². The molecule has 4 rings (SSSR count). The number of carbonyl (C=O) groups is 1. The van der Waals surface area contributed by atoms with E-state index in [1.165, 1.54) is 0 Å². The van der Waals surface area contributed by atoms with E-state index in [4.69, 9.17) is 4.52 Å². The van der Waals surface area contributed by atoms with Gasteiger partial charge in [-0.2, -0.15) is 5.10 Å². The third kappa shape index (κ3) is 3.36. The number of hydrogen-bond donors (Lipinski definition) is 1. The number of aromatic nitrogens is 4. The maximum atomic E-state index is 12.8. The van der Waals surface area contributed by atoms with Crippen LogP contribution in [0.25, 0.3) is 22.2 Å². The van der Waals surface area contributed by atoms with Crippen molar-refractivity contribution in [2.45, 2.75) is 47.7 Å². The molecule has 0 saturated heterocycles. The molecule has 1 N–H and O–H groups in total. The Hall–Kier alpha value is -3.48. The van der Waals surface area contributed by atoms with Crippen LogP contribution in [0.3, 0.4) is 0 Å². The van der Waals surface area contributed by atoms with Crippen molar-refractivity contribution >= 4 is 16.9 Å². The lowest BCUT2D eigenvalue weighted by atomic mass is 10.0. The third-order valence-electron chi connectivity index (χ3n) is 5.47. The van der Waals surface area contributed by atoms with Gasteiger partial charge in [0.1, 0.15) is 5.76 Å². The highest BCUT2D eigenvalue weighted by Gasteiger charge is 2.17. The third-order valence-corrected chi connectivity index (χ3v) is 5.47. The van der Waals surface area contributed by atoms with Gasteiger partial charge in [-0.25, -0.2) is 9.67 Å². The van der Waals surface area contributed by atoms with Gasteiger partial charge in [0.05, 0.1) is 17.0 Å². The standard InChI is InChI=1S/C23H25N5O2/c1-6-28-22-20(14(3)26-28)13(2)19(12-24-22)23(29)25-11-17-7-9-18(10-8-17)21-15(4)27-30-16(21)5/h7-10,12H,6,11H2,1-5H3,(H,25,29). The van der Waals surface area contributed by atoms with Crippen LogP contribution in [0.1, 0.15) is 45.6 Å². The summed E-state index contributed by atoms with van der Waals surface area (Å²) in [5.41, 5.74) is 7.14. The van der Waals surface area contributed by atoms with Gasteiger partial charge >= 0.3 is 0 Å². The molecular formula is C23H25N5O2. The quantitative estimate of drug-likeness (QED) is 0.538. The zero-order valence-corrected chi connectivity index (χ0v) is 17.9. The summed E-state index contributed by atoms with van der Waals surface area (Å²) in [6.45, 7) is 10.9. The van der Waals surface area contributed by atoms with E-state index in [0.717, 1.165) is 57.0 Å². The Morgan fingerprint density at radius 1 is 1.10 bits per heavy atom. The minimum absolute atomic E-state index is 0.139. The highest BCUT2D eigenvalue weighted by molar-refractivity contribution is 6.00. The highest BCUT2D eigenvalue weighted by Crippen LogP contribution is 2.27. The van der Waals surface area contributed by atoms with Crippen LogP contribution in [0, 0.1) is 27.7 Å². The van der Waals surface area contributed by atoms with E-state index in [-0.39, 0.29) is 5.91 Å². The largest absolute Gasteiger partial charge is 0.361 e. The normalized spacial score (nSPS) is 11.2. The minimum Gasteiger partial charge on any atom is -0.361 e. The second-order valence-corrected chi connectivity index (χ2v) is 7.48. The van der Waals surface area contributed by atoms with Crippen LogP contribution in [0.15, 0.2) is 35.0 Å². The number of hydrogen-bond acceptors (Lipinski definition) is 5. The minimum atomic E-state index is -0.139. The average molecular weight is 403 g/mol. The topological polar surface area (TPSA) is 85.8 Å². The molecule has 0 aliphatic carbocycles. The van der Waals surface area contributed by atoms with Crippen molar-refractivity contribution in [1.82, 2.24) is 25.2 Å². The summed E-state index contributed by atoms with van der Waals surface area (Å²) >= 11 is 0. The Bertz CT molecular complexity index is 1220. The van der Waals surface area contributed by atoms with Crippen LogP contribution >= 0.6 is 0 Å². The lowest BCUT2D eigenvalue weighted by Crippen LogP contribution is -2.24. The molecule has 30 heavy (non-hydrogen) atoms. The average Bonchev–Trinajstić information content (AvgIpc) is 3.25. The van der Waals surface area contributed by atoms with Crippen LogP contribution < -0.4 is 5.32 Å². The molecule has 0 atom stereocenters. The van der Waals surface area contributed by atoms with Crippen LogP contribution in [-0.4, -0.2) is 25.8 Å². The molecule has 0 unspecified atom stereocenters. The molecular weight excluding hydrogens is 378 g/mol. The van der Waals surface area contributed by atoms with E-state index < -0.39 is 0 Å². The fourth-order valence-corrected chi connectivity index (χ4v) is 3.91. The molecule has 7 heteroatoms. The van der Waals surface area contributed by atoms with Gasteiger partial charge in [-0.15, -0.1) is 0 Å². The zero-order valence-electron chi connectivity index (χ0n) is 17.9. The molecule has 0 aliphatic rings. The molecule has 0 spiro atoms. The number of pyridine rings is 1. The molecule has 4 aromatic rings. The molecule has 3 heterocycles. The van der Waals surface area contributed by atoms with Gasteiger partial charge in [-0.3, -0.25) is 4.79 Å². The highest BCUT2D eigenvalue weighted by atomic mass is 16.5. The van der Waals surface area contributed by atoms with E-state index >= 15 is 0 Å². The number of aryl methyl sites for hydroxylation is 5. The van der Waals surface area contributed by atoms with Gasteiger partial charge in [0.15, 0.2) is 5.65 Å². The molecule has 1 aromatic carbocycles. The van der Waals surface area contributed by atoms with Crippen molar-refractivity contribution in [3.05, 3.63) is 64.3 Å². The second kappa shape index (κ2) is 7.74. The Balaban J connectivity index is 1.51. The van der Waals surface area contributed by atoms with E-state index in [2.05, 4.69) is 20.6 Å². The van der Waals surface area contributed by atoms with Crippen LogP contribution in [0.4, 0.5) is 0 Å². The van der Waals surface area contributed by atoms with Crippen LogP contribution in [-0.2, 0) is 13.1 Å². The predicted molar refractivity (Wildman–Crippen MR) is 115 cm³/mol. The molecule has 7 nitrogen and oxygen atoms in total. The summed E-state index contributed by atoms with van der Waals surface area (Å²) in [6, 6.07) is 8.06. The lowest BCUT2D eigenvalue weighted by Gasteiger charge is -2.09. The van der Waals surface area contributed by atoms with Gasteiger partial charge in [-0.1, -0.05) is 29.4 Å². The van der Waals surface area contributed by atoms with Gasteiger partial charge in [0.2, 0.25) is 0 Å². The summed E-state index contributed by atoms with van der Waals surface area (Å²) < 4.78 is 7.11. The van der Waals surface area contributed by atoms with Crippen molar-refractivity contribution in [1.29, 1.82) is 0 Å². The second-order valence-electron chi connectivity index (χ2n) is 7.48. The molecule has 3 aromatic heterocycles. The Kier molecular flexibility index (Phi) is 5.11. The van der Waals surface area contributed by atoms with E-state index in [1.807, 2.05) is 63.6 Å². The maximum Gasteiger partial charge on any atom is 0.253 e. The summed E-state index contributed by atoms with van der Waals surface area (Å²) in [5.74, 6) is 0.661. The number of amides is 1. The lowest BCUT2D eigenvalue weighted by molar-refractivity contribution is 0.0950. The van der Waals surface area contributed by atoms with Crippen molar-refractivity contribution in [3.8, 4) is 11.1 Å². The molecule has 154 valence electrons. The SMILES string of the molecule is CCn1nc(C)c2c(C)c(C(=O)NCc3ccc(-c4c(C)noc4C)cc3)cnc21. The van der Waals surface area contributed by atoms with E-state index in [9.17, 15) is 4.79 Å². The predicted octanol–water partition coefficient (Wildman–Crippen LogP) is 4.27. The number of nitrogens with one attached hydrogen (secondary N) is 1. The van der Waals surface area contributed by atoms with Gasteiger partial charge in [-0.05, 0) is 51.3 Å². The van der Waals surface area contributed by atoms with Crippen molar-refractivity contribution in [2.24, 2.45) is 0 Å². The van der Waals surface area contributed by atoms with Crippen molar-refractivity contribution in [2.75, 3.05) is 0 Å².